The fourth-order valence-electron chi connectivity index (χ4n) is 3.03. The number of carbonyl (C=O) groups is 1. The molecule has 9 heteroatoms. The van der Waals surface area contributed by atoms with E-state index in [-0.39, 0.29) is 12.5 Å². The van der Waals surface area contributed by atoms with Crippen LogP contribution in [0.25, 0.3) is 22.5 Å². The fourth-order valence-corrected chi connectivity index (χ4v) is 3.03. The molecule has 3 aromatic rings. The molecule has 1 aromatic carbocycles. The summed E-state index contributed by atoms with van der Waals surface area (Å²) in [5.74, 6) is -0.315. The molecule has 1 amide bonds. The molecule has 0 aliphatic heterocycles. The van der Waals surface area contributed by atoms with Gasteiger partial charge in [-0.15, -0.1) is 0 Å². The molecule has 0 radical (unpaired) electrons. The van der Waals surface area contributed by atoms with Crippen LogP contribution in [0.5, 0.6) is 0 Å². The van der Waals surface area contributed by atoms with Crippen LogP contribution in [-0.2, 0) is 20.8 Å². The molecule has 0 saturated heterocycles. The van der Waals surface area contributed by atoms with Gasteiger partial charge in [0.1, 0.15) is 18.2 Å². The number of ether oxygens (including phenoxy) is 2. The van der Waals surface area contributed by atoms with Gasteiger partial charge in [-0.25, -0.2) is 18.7 Å². The van der Waals surface area contributed by atoms with Crippen LogP contribution in [0.15, 0.2) is 48.9 Å². The summed E-state index contributed by atoms with van der Waals surface area (Å²) in [5, 5.41) is 15.4. The van der Waals surface area contributed by atoms with Crippen molar-refractivity contribution in [1.82, 2.24) is 9.55 Å². The summed E-state index contributed by atoms with van der Waals surface area (Å²) in [6.45, 7) is 1.62. The Kier molecular flexibility index (Phi) is 6.20. The van der Waals surface area contributed by atoms with Crippen LogP contribution in [0.3, 0.4) is 0 Å². The number of amides is 1. The van der Waals surface area contributed by atoms with Gasteiger partial charge in [0.2, 0.25) is 12.2 Å². The van der Waals surface area contributed by atoms with E-state index in [0.29, 0.717) is 33.1 Å². The minimum atomic E-state index is -0.584. The molecule has 3 rings (SSSR count). The van der Waals surface area contributed by atoms with Gasteiger partial charge in [0.15, 0.2) is 17.7 Å². The molecular weight excluding hydrogens is 379 g/mol. The summed E-state index contributed by atoms with van der Waals surface area (Å²) < 4.78 is 26.3. The predicted octanol–water partition coefficient (Wildman–Crippen LogP) is 2.57. The average Bonchev–Trinajstić information content (AvgIpc) is 3.02. The van der Waals surface area contributed by atoms with Crippen molar-refractivity contribution >= 4 is 11.7 Å². The Balaban J connectivity index is 2.18. The number of nitrogens with one attached hydrogen (secondary N) is 1. The molecule has 0 atom stereocenters. The highest BCUT2D eigenvalue weighted by molar-refractivity contribution is 5.88. The molecule has 0 saturated carbocycles. The second-order valence-electron chi connectivity index (χ2n) is 6.31. The number of imidazole rings is 1. The lowest BCUT2D eigenvalue weighted by molar-refractivity contribution is -0.593. The summed E-state index contributed by atoms with van der Waals surface area (Å²) in [6, 6.07) is 9.03. The van der Waals surface area contributed by atoms with Crippen LogP contribution < -0.4 is 10.0 Å². The number of methoxy groups -OCH3 is 2. The van der Waals surface area contributed by atoms with Crippen molar-refractivity contribution in [1.29, 1.82) is 0 Å². The SMILES string of the molecule is COC(Cn1c[n+]([O-])c(-c2ccc(F)cc2)c1-c1ccnc(NC(C)=O)c1)OC. The molecule has 8 nitrogen and oxygen atoms in total. The number of rotatable bonds is 7. The number of anilines is 1. The third kappa shape index (κ3) is 4.58. The Hall–Kier alpha value is -3.30. The van der Waals surface area contributed by atoms with Crippen LogP contribution in [0.1, 0.15) is 6.92 Å². The van der Waals surface area contributed by atoms with Gasteiger partial charge in [-0.05, 0) is 36.4 Å². The van der Waals surface area contributed by atoms with E-state index in [1.807, 2.05) is 0 Å². The lowest BCUT2D eigenvalue weighted by Gasteiger charge is -2.13. The van der Waals surface area contributed by atoms with Gasteiger partial charge in [-0.3, -0.25) is 4.79 Å². The molecule has 152 valence electrons. The van der Waals surface area contributed by atoms with Gasteiger partial charge in [-0.1, -0.05) is 0 Å². The minimum Gasteiger partial charge on any atom is -0.710 e. The van der Waals surface area contributed by atoms with Gasteiger partial charge in [0, 0.05) is 38.5 Å². The van der Waals surface area contributed by atoms with E-state index in [1.54, 1.807) is 16.7 Å². The molecule has 0 bridgehead atoms. The van der Waals surface area contributed by atoms with Crippen molar-refractivity contribution in [2.45, 2.75) is 19.8 Å². The van der Waals surface area contributed by atoms with Crippen LogP contribution >= 0.6 is 0 Å². The molecule has 0 unspecified atom stereocenters. The average molecular weight is 400 g/mol. The maximum Gasteiger partial charge on any atom is 0.248 e. The number of nitrogens with zero attached hydrogens (tertiary/aromatic N) is 3. The largest absolute Gasteiger partial charge is 0.710 e. The Morgan fingerprint density at radius 2 is 1.93 bits per heavy atom. The van der Waals surface area contributed by atoms with E-state index in [0.717, 1.165) is 0 Å². The van der Waals surface area contributed by atoms with E-state index in [2.05, 4.69) is 10.3 Å². The van der Waals surface area contributed by atoms with Crippen molar-refractivity contribution in [2.75, 3.05) is 19.5 Å². The predicted molar refractivity (Wildman–Crippen MR) is 104 cm³/mol. The number of benzene rings is 1. The third-order valence-electron chi connectivity index (χ3n) is 4.30. The molecule has 1 N–H and O–H groups in total. The van der Waals surface area contributed by atoms with E-state index in [9.17, 15) is 14.4 Å². The van der Waals surface area contributed by atoms with E-state index >= 15 is 0 Å². The number of hydrogen-bond donors (Lipinski definition) is 1. The smallest absolute Gasteiger partial charge is 0.248 e. The zero-order valence-electron chi connectivity index (χ0n) is 16.3. The standard InChI is InChI=1S/C20H21FN4O4/c1-13(26)23-17-10-15(8-9-22-17)19-20(14-4-6-16(21)7-5-14)25(27)12-24(19)11-18(28-2)29-3/h4-10,12,18H,11H2,1-3H3,(H,22,23,26). The van der Waals surface area contributed by atoms with Gasteiger partial charge < -0.3 is 20.0 Å². The minimum absolute atomic E-state index is 0.240. The maximum absolute atomic E-state index is 13.4. The second-order valence-corrected chi connectivity index (χ2v) is 6.31. The summed E-state index contributed by atoms with van der Waals surface area (Å²) >= 11 is 0. The van der Waals surface area contributed by atoms with Crippen molar-refractivity contribution in [3.8, 4) is 22.5 Å². The monoisotopic (exact) mass is 400 g/mol. The third-order valence-corrected chi connectivity index (χ3v) is 4.30. The molecule has 0 fully saturated rings. The first-order valence-electron chi connectivity index (χ1n) is 8.80. The summed E-state index contributed by atoms with van der Waals surface area (Å²) in [6.07, 6.45) is 2.32. The van der Waals surface area contributed by atoms with E-state index < -0.39 is 12.1 Å². The van der Waals surface area contributed by atoms with Crippen molar-refractivity contribution in [3.63, 3.8) is 0 Å². The second kappa shape index (κ2) is 8.80. The Morgan fingerprint density at radius 1 is 1.24 bits per heavy atom. The molecule has 0 aliphatic rings. The summed E-state index contributed by atoms with van der Waals surface area (Å²) in [5.41, 5.74) is 2.07. The first-order chi connectivity index (χ1) is 13.9. The summed E-state index contributed by atoms with van der Waals surface area (Å²) in [7, 11) is 3.01. The molecular formula is C20H21FN4O4. The van der Waals surface area contributed by atoms with Crippen LogP contribution in [0, 0.1) is 11.0 Å². The number of pyridine rings is 1. The highest BCUT2D eigenvalue weighted by Gasteiger charge is 2.26. The highest BCUT2D eigenvalue weighted by atomic mass is 19.1. The first kappa shape index (κ1) is 20.4. The molecule has 2 aromatic heterocycles. The van der Waals surface area contributed by atoms with Crippen molar-refractivity contribution in [2.24, 2.45) is 0 Å². The number of aromatic nitrogens is 3. The normalized spacial score (nSPS) is 11.1. The number of halogens is 1. The van der Waals surface area contributed by atoms with E-state index in [1.165, 1.54) is 57.9 Å². The Bertz CT molecular complexity index is 1000. The van der Waals surface area contributed by atoms with Gasteiger partial charge in [-0.2, -0.15) is 0 Å². The molecule has 0 aliphatic carbocycles. The lowest BCUT2D eigenvalue weighted by atomic mass is 10.1. The quantitative estimate of drug-likeness (QED) is 0.374. The molecule has 0 spiro atoms. The first-order valence-corrected chi connectivity index (χ1v) is 8.80. The van der Waals surface area contributed by atoms with Gasteiger partial charge in [0.05, 0.1) is 0 Å². The Labute approximate surface area is 167 Å². The zero-order chi connectivity index (χ0) is 21.0. The highest BCUT2D eigenvalue weighted by Crippen LogP contribution is 2.31. The van der Waals surface area contributed by atoms with Crippen LogP contribution in [-0.4, -0.2) is 36.0 Å². The Morgan fingerprint density at radius 3 is 2.55 bits per heavy atom. The van der Waals surface area contributed by atoms with Crippen LogP contribution in [0.2, 0.25) is 0 Å². The van der Waals surface area contributed by atoms with Gasteiger partial charge >= 0.3 is 0 Å². The zero-order valence-corrected chi connectivity index (χ0v) is 16.3. The molecule has 29 heavy (non-hydrogen) atoms. The fraction of sp³-hybridized carbons (Fsp3) is 0.250. The topological polar surface area (TPSA) is 92.3 Å². The summed E-state index contributed by atoms with van der Waals surface area (Å²) in [4.78, 5) is 15.5. The van der Waals surface area contributed by atoms with E-state index in [4.69, 9.17) is 9.47 Å². The number of carbonyl (C=O) groups excluding carboxylic acids is 1. The van der Waals surface area contributed by atoms with Crippen molar-refractivity contribution in [3.05, 3.63) is 59.9 Å². The van der Waals surface area contributed by atoms with Gasteiger partial charge in [0.25, 0.3) is 0 Å². The lowest BCUT2D eigenvalue weighted by Crippen LogP contribution is -2.26. The number of hydrogen-bond acceptors (Lipinski definition) is 5. The maximum atomic E-state index is 13.4. The van der Waals surface area contributed by atoms with Crippen molar-refractivity contribution < 1.29 is 23.4 Å². The molecule has 2 heterocycles. The van der Waals surface area contributed by atoms with Crippen LogP contribution in [0.4, 0.5) is 10.2 Å².